The molecular formula is C54H53N3O. The first kappa shape index (κ1) is 39.6. The zero-order chi connectivity index (χ0) is 40.6. The van der Waals surface area contributed by atoms with E-state index in [9.17, 15) is 0 Å². The van der Waals surface area contributed by atoms with Gasteiger partial charge in [0.15, 0.2) is 0 Å². The quantitative estimate of drug-likeness (QED) is 0.0722. The lowest BCUT2D eigenvalue weighted by molar-refractivity contribution is 0.552. The van der Waals surface area contributed by atoms with Gasteiger partial charge in [-0.25, -0.2) is 4.98 Å². The smallest absolute Gasteiger partial charge is 0.138 e. The third kappa shape index (κ3) is 7.98. The van der Waals surface area contributed by atoms with Crippen LogP contribution in [-0.2, 0) is 19.3 Å². The van der Waals surface area contributed by atoms with Crippen LogP contribution in [0.1, 0.15) is 76.1 Å². The monoisotopic (exact) mass is 759 g/mol. The standard InChI is InChI=1S/C54H53N3O/c1-8-13-24-40(10-3)39(7)56(43-27-21-23-38(6)46(36-43)41-25-17-15-18-26-41)37-48-44-29-19-16-20-31-51(44)57(50(48)11-4)54-32-22-30-49(55-54)42-33-34-53-47(35-42)45(28-14-9-2)52(12-5)58-53/h8-9,11,13-20,22-27,30-37H,1,10,12,28-29H2,2-7H3/b14-9?,24-13-,40-39+,48-37+,50-11+. The Morgan fingerprint density at radius 2 is 1.84 bits per heavy atom. The second-order valence-electron chi connectivity index (χ2n) is 14.5. The molecule has 2 aromatic carbocycles. The molecule has 0 fully saturated rings. The largest absolute Gasteiger partial charge is 0.461 e. The van der Waals surface area contributed by atoms with Crippen LogP contribution >= 0.6 is 0 Å². The molecule has 290 valence electrons. The minimum atomic E-state index is 0.782. The molecule has 2 aliphatic rings. The van der Waals surface area contributed by atoms with Gasteiger partial charge < -0.3 is 9.32 Å². The van der Waals surface area contributed by atoms with Crippen LogP contribution in [-0.4, -0.2) is 14.5 Å². The Morgan fingerprint density at radius 1 is 1.00 bits per heavy atom. The summed E-state index contributed by atoms with van der Waals surface area (Å²) >= 11 is 0. The summed E-state index contributed by atoms with van der Waals surface area (Å²) in [5, 5.41) is 3.38. The molecule has 58 heavy (non-hydrogen) atoms. The maximum absolute atomic E-state index is 6.30. The van der Waals surface area contributed by atoms with E-state index in [2.05, 4.69) is 203 Å². The van der Waals surface area contributed by atoms with E-state index in [0.29, 0.717) is 0 Å². The van der Waals surface area contributed by atoms with Crippen molar-refractivity contribution in [3.63, 3.8) is 0 Å². The van der Waals surface area contributed by atoms with E-state index in [0.717, 1.165) is 92.7 Å². The van der Waals surface area contributed by atoms with Gasteiger partial charge in [-0.2, -0.15) is 0 Å². The highest BCUT2D eigenvalue weighted by Gasteiger charge is 2.20. The maximum Gasteiger partial charge on any atom is 0.138 e. The number of nitrogens with zero attached hydrogens (tertiary/aromatic N) is 3. The number of pyridine rings is 1. The molecular weight excluding hydrogens is 707 g/mol. The van der Waals surface area contributed by atoms with Gasteiger partial charge in [-0.1, -0.05) is 112 Å². The van der Waals surface area contributed by atoms with E-state index in [1.807, 2.05) is 12.2 Å². The van der Waals surface area contributed by atoms with Gasteiger partial charge in [0.1, 0.15) is 17.2 Å². The zero-order valence-electron chi connectivity index (χ0n) is 34.7. The van der Waals surface area contributed by atoms with E-state index in [1.54, 1.807) is 0 Å². The van der Waals surface area contributed by atoms with Crippen LogP contribution in [0, 0.1) is 0 Å². The Labute approximate surface area is 344 Å². The fourth-order valence-electron chi connectivity index (χ4n) is 7.99. The van der Waals surface area contributed by atoms with Crippen molar-refractivity contribution in [2.24, 2.45) is 0 Å². The van der Waals surface area contributed by atoms with Gasteiger partial charge in [0.05, 0.1) is 22.4 Å². The van der Waals surface area contributed by atoms with Crippen molar-refractivity contribution in [1.29, 1.82) is 0 Å². The number of furan rings is 1. The lowest BCUT2D eigenvalue weighted by Gasteiger charge is -2.25. The fraction of sp³-hybridized carbons (Fsp3) is 0.185. The molecule has 0 radical (unpaired) electrons. The summed E-state index contributed by atoms with van der Waals surface area (Å²) in [4.78, 5) is 7.74. The van der Waals surface area contributed by atoms with Crippen molar-refractivity contribution in [2.45, 2.75) is 67.2 Å². The summed E-state index contributed by atoms with van der Waals surface area (Å²) in [7, 11) is 0. The van der Waals surface area contributed by atoms with Crippen molar-refractivity contribution >= 4 is 34.9 Å². The average molecular weight is 760 g/mol. The molecule has 4 nitrogen and oxygen atoms in total. The van der Waals surface area contributed by atoms with Crippen molar-refractivity contribution in [3.05, 3.63) is 207 Å². The van der Waals surface area contributed by atoms with Crippen LogP contribution in [0.4, 0.5) is 0 Å². The molecule has 0 N–H and O–H groups in total. The molecule has 2 aliphatic carbocycles. The molecule has 3 aromatic heterocycles. The Kier molecular flexibility index (Phi) is 12.4. The highest BCUT2D eigenvalue weighted by Crippen LogP contribution is 2.32. The molecule has 0 amide bonds. The van der Waals surface area contributed by atoms with Crippen LogP contribution in [0.5, 0.6) is 0 Å². The highest BCUT2D eigenvalue weighted by molar-refractivity contribution is 5.87. The molecule has 7 rings (SSSR count). The Balaban J connectivity index is 1.46. The minimum absolute atomic E-state index is 0.782. The molecule has 0 atom stereocenters. The Bertz CT molecular complexity index is 2780. The van der Waals surface area contributed by atoms with Gasteiger partial charge in [-0.3, -0.25) is 4.57 Å². The number of benzene rings is 2. The van der Waals surface area contributed by atoms with E-state index in [-0.39, 0.29) is 0 Å². The van der Waals surface area contributed by atoms with Crippen molar-refractivity contribution in [2.75, 3.05) is 0 Å². The van der Waals surface area contributed by atoms with Crippen molar-refractivity contribution < 1.29 is 4.42 Å². The van der Waals surface area contributed by atoms with Gasteiger partial charge in [0, 0.05) is 46.1 Å². The van der Waals surface area contributed by atoms with Crippen LogP contribution in [0.15, 0.2) is 173 Å². The van der Waals surface area contributed by atoms with Crippen molar-refractivity contribution in [3.8, 4) is 17.1 Å². The summed E-state index contributed by atoms with van der Waals surface area (Å²) in [6.07, 6.45) is 33.5. The summed E-state index contributed by atoms with van der Waals surface area (Å²) < 4.78 is 8.62. The maximum atomic E-state index is 6.30. The summed E-state index contributed by atoms with van der Waals surface area (Å²) in [6.45, 7) is 16.9. The molecule has 0 aliphatic heterocycles. The van der Waals surface area contributed by atoms with Crippen LogP contribution in [0.3, 0.4) is 0 Å². The molecule has 0 unspecified atom stereocenters. The second kappa shape index (κ2) is 18.1. The fourth-order valence-corrected chi connectivity index (χ4v) is 7.99. The second-order valence-corrected chi connectivity index (χ2v) is 14.5. The van der Waals surface area contributed by atoms with Gasteiger partial charge in [0.2, 0.25) is 0 Å². The number of aryl methyl sites for hydroxylation is 1. The predicted octanol–water partition coefficient (Wildman–Crippen LogP) is 12.4. The lowest BCUT2D eigenvalue weighted by Crippen LogP contribution is -2.33. The summed E-state index contributed by atoms with van der Waals surface area (Å²) in [5.41, 5.74) is 16.9. The van der Waals surface area contributed by atoms with Gasteiger partial charge in [-0.15, -0.1) is 5.73 Å². The number of aromatic nitrogens is 2. The first-order valence-corrected chi connectivity index (χ1v) is 20.5. The number of rotatable bonds is 12. The molecule has 0 saturated heterocycles. The third-order valence-electron chi connectivity index (χ3n) is 11.0. The molecule has 0 bridgehead atoms. The van der Waals surface area contributed by atoms with Gasteiger partial charge in [0.25, 0.3) is 0 Å². The van der Waals surface area contributed by atoms with E-state index >= 15 is 0 Å². The number of hydrogen-bond acceptors (Lipinski definition) is 3. The predicted molar refractivity (Wildman–Crippen MR) is 246 cm³/mol. The summed E-state index contributed by atoms with van der Waals surface area (Å²) in [5.74, 6) is 1.91. The average Bonchev–Trinajstić information content (AvgIpc) is 3.53. The van der Waals surface area contributed by atoms with E-state index < -0.39 is 0 Å². The first-order valence-electron chi connectivity index (χ1n) is 20.5. The SMILES string of the molecule is C=C/C=C\C(CC)=C(/C)N(/C=c1\c2c(n(-c3cccc(-c4ccc5oc(CC)c(CC=CC)c5c4)n3)\c1=C\C)C=CC=CC2)C1=CC(c2ccccc2)=C(C)C=C=C1. The van der Waals surface area contributed by atoms with Crippen LogP contribution in [0.2, 0.25) is 0 Å². The van der Waals surface area contributed by atoms with Crippen LogP contribution < -0.4 is 10.6 Å². The lowest BCUT2D eigenvalue weighted by atomic mass is 10.00. The highest BCUT2D eigenvalue weighted by atomic mass is 16.3. The molecule has 0 spiro atoms. The number of hydrogen-bond donors (Lipinski definition) is 0. The van der Waals surface area contributed by atoms with Gasteiger partial charge in [-0.05, 0) is 123 Å². The topological polar surface area (TPSA) is 34.2 Å². The molecule has 4 heteroatoms. The molecule has 5 aromatic rings. The Morgan fingerprint density at radius 3 is 2.60 bits per heavy atom. The minimum Gasteiger partial charge on any atom is -0.461 e. The van der Waals surface area contributed by atoms with Gasteiger partial charge >= 0.3 is 0 Å². The third-order valence-corrected chi connectivity index (χ3v) is 11.0. The van der Waals surface area contributed by atoms with Crippen LogP contribution in [0.25, 0.3) is 52.0 Å². The molecule has 3 heterocycles. The normalized spacial score (nSPS) is 15.1. The number of fused-ring (bicyclic) bond motifs is 2. The first-order chi connectivity index (χ1) is 28.4. The van der Waals surface area contributed by atoms with E-state index in [4.69, 9.17) is 9.40 Å². The van der Waals surface area contributed by atoms with Crippen molar-refractivity contribution in [1.82, 2.24) is 14.5 Å². The Hall–Kier alpha value is -6.61. The number of allylic oxidation sites excluding steroid dienone is 14. The summed E-state index contributed by atoms with van der Waals surface area (Å²) in [6, 6.07) is 23.4. The molecule has 0 saturated carbocycles. The zero-order valence-corrected chi connectivity index (χ0v) is 34.7. The van der Waals surface area contributed by atoms with E-state index in [1.165, 1.54) is 27.8 Å².